The van der Waals surface area contributed by atoms with Gasteiger partial charge >= 0.3 is 0 Å². The molecular weight excluding hydrogens is 551 g/mol. The highest BCUT2D eigenvalue weighted by molar-refractivity contribution is 6.24. The molecule has 4 aliphatic rings. The van der Waals surface area contributed by atoms with Crippen LogP contribution in [-0.2, 0) is 25.6 Å². The minimum Gasteiger partial charge on any atom is -0.508 e. The number of aliphatic hydroxyl groups excluding tert-OH is 2. The van der Waals surface area contributed by atoms with Crippen LogP contribution in [0.2, 0.25) is 0 Å². The van der Waals surface area contributed by atoms with Crippen LogP contribution in [0.3, 0.4) is 0 Å². The van der Waals surface area contributed by atoms with Crippen molar-refractivity contribution in [3.63, 3.8) is 0 Å². The number of carbonyl (C=O) groups excluding carboxylic acids is 4. The van der Waals surface area contributed by atoms with Gasteiger partial charge in [0.25, 0.3) is 5.91 Å². The monoisotopic (exact) mass is 586 g/mol. The SMILES string of the molecule is CN(C)[C@@H]1C(=O)C(C(N)=O)=C(O)[C@@]2(O)C(=O)C3=C(O)c4c(O)c(NC(=O)CNCC5CCCC5)cc(F)c4C[C@H]3C[C@@H]12. The molecule has 42 heavy (non-hydrogen) atoms. The third-order valence-electron chi connectivity index (χ3n) is 9.13. The summed E-state index contributed by atoms with van der Waals surface area (Å²) in [6.45, 7) is 0.563. The summed E-state index contributed by atoms with van der Waals surface area (Å²) in [5, 5.41) is 50.3. The Bertz CT molecular complexity index is 1450. The zero-order valence-electron chi connectivity index (χ0n) is 23.4. The van der Waals surface area contributed by atoms with E-state index in [9.17, 15) is 39.6 Å². The van der Waals surface area contributed by atoms with Crippen molar-refractivity contribution in [2.45, 2.75) is 50.2 Å². The molecule has 1 aromatic rings. The number of nitrogens with two attached hydrogens (primary N) is 1. The summed E-state index contributed by atoms with van der Waals surface area (Å²) in [4.78, 5) is 53.0. The molecule has 0 unspecified atom stereocenters. The van der Waals surface area contributed by atoms with Crippen LogP contribution in [0.4, 0.5) is 10.1 Å². The molecule has 0 aliphatic heterocycles. The molecule has 12 nitrogen and oxygen atoms in total. The molecule has 8 N–H and O–H groups in total. The third-order valence-corrected chi connectivity index (χ3v) is 9.13. The lowest BCUT2D eigenvalue weighted by Crippen LogP contribution is -2.65. The maximum Gasteiger partial charge on any atom is 0.255 e. The van der Waals surface area contributed by atoms with Gasteiger partial charge < -0.3 is 36.8 Å². The maximum absolute atomic E-state index is 15.4. The molecule has 2 saturated carbocycles. The number of ketones is 2. The Hall–Kier alpha value is -3.81. The average Bonchev–Trinajstić information content (AvgIpc) is 3.42. The number of nitrogens with zero attached hydrogens (tertiary/aromatic N) is 1. The second kappa shape index (κ2) is 10.8. The van der Waals surface area contributed by atoms with Crippen molar-refractivity contribution in [3.8, 4) is 5.75 Å². The molecule has 0 spiro atoms. The fourth-order valence-corrected chi connectivity index (χ4v) is 7.16. The number of benzene rings is 1. The number of fused-ring (bicyclic) bond motifs is 3. The Balaban J connectivity index is 1.51. The van der Waals surface area contributed by atoms with Crippen molar-refractivity contribution >= 4 is 34.8 Å². The van der Waals surface area contributed by atoms with Crippen LogP contribution in [0.15, 0.2) is 23.0 Å². The predicted molar refractivity (Wildman–Crippen MR) is 148 cm³/mol. The van der Waals surface area contributed by atoms with Gasteiger partial charge in [-0.15, -0.1) is 0 Å². The first-order valence-corrected chi connectivity index (χ1v) is 14.0. The highest BCUT2D eigenvalue weighted by atomic mass is 19.1. The first kappa shape index (κ1) is 29.7. The number of aromatic hydroxyl groups is 1. The summed E-state index contributed by atoms with van der Waals surface area (Å²) in [6, 6.07) is -0.302. The van der Waals surface area contributed by atoms with E-state index in [0.29, 0.717) is 12.5 Å². The lowest BCUT2D eigenvalue weighted by Gasteiger charge is -2.50. The predicted octanol–water partition coefficient (Wildman–Crippen LogP) is 0.821. The van der Waals surface area contributed by atoms with Crippen molar-refractivity contribution in [2.24, 2.45) is 23.5 Å². The minimum absolute atomic E-state index is 0.0870. The number of halogens is 1. The maximum atomic E-state index is 15.4. The van der Waals surface area contributed by atoms with Gasteiger partial charge in [-0.1, -0.05) is 12.8 Å². The van der Waals surface area contributed by atoms with E-state index in [4.69, 9.17) is 5.73 Å². The number of rotatable bonds is 7. The van der Waals surface area contributed by atoms with Crippen molar-refractivity contribution < 1.29 is 44.0 Å². The Labute approximate surface area is 241 Å². The van der Waals surface area contributed by atoms with Gasteiger partial charge in [-0.05, 0) is 58.2 Å². The second-order valence-corrected chi connectivity index (χ2v) is 11.9. The summed E-state index contributed by atoms with van der Waals surface area (Å²) in [5.41, 5.74) is 0.335. The number of phenolic OH excluding ortho intramolecular Hbond substituents is 1. The van der Waals surface area contributed by atoms with E-state index < -0.39 is 86.7 Å². The topological polar surface area (TPSA) is 203 Å². The summed E-state index contributed by atoms with van der Waals surface area (Å²) in [5.74, 6) is -9.21. The van der Waals surface area contributed by atoms with E-state index in [1.807, 2.05) is 0 Å². The quantitative estimate of drug-likeness (QED) is 0.177. The first-order valence-electron chi connectivity index (χ1n) is 14.0. The number of hydrogen-bond acceptors (Lipinski definition) is 10. The number of nitrogens with one attached hydrogen (secondary N) is 2. The number of primary amides is 1. The van der Waals surface area contributed by atoms with Gasteiger partial charge in [0, 0.05) is 23.1 Å². The van der Waals surface area contributed by atoms with Crippen LogP contribution in [0, 0.1) is 23.6 Å². The number of likely N-dealkylation sites (N-methyl/N-ethyl adjacent to an activating group) is 1. The van der Waals surface area contributed by atoms with E-state index in [2.05, 4.69) is 10.6 Å². The third kappa shape index (κ3) is 4.56. The lowest BCUT2D eigenvalue weighted by molar-refractivity contribution is -0.153. The molecule has 0 aromatic heterocycles. The van der Waals surface area contributed by atoms with E-state index in [1.165, 1.54) is 19.0 Å². The fraction of sp³-hybridized carbons (Fsp3) is 0.517. The number of phenols is 1. The van der Waals surface area contributed by atoms with Crippen LogP contribution in [0.5, 0.6) is 5.75 Å². The highest BCUT2D eigenvalue weighted by Crippen LogP contribution is 2.53. The summed E-state index contributed by atoms with van der Waals surface area (Å²) in [6.07, 6.45) is 4.12. The van der Waals surface area contributed by atoms with Gasteiger partial charge in [0.2, 0.25) is 11.7 Å². The Morgan fingerprint density at radius 1 is 1.17 bits per heavy atom. The van der Waals surface area contributed by atoms with Crippen molar-refractivity contribution in [3.05, 3.63) is 39.9 Å². The average molecular weight is 587 g/mol. The number of Topliss-reactive ketones (excluding diaryl/α,β-unsaturated/α-hetero) is 2. The van der Waals surface area contributed by atoms with Gasteiger partial charge in [-0.3, -0.25) is 24.1 Å². The highest BCUT2D eigenvalue weighted by Gasteiger charge is 2.64. The van der Waals surface area contributed by atoms with Gasteiger partial charge in [0.1, 0.15) is 22.9 Å². The molecule has 0 bridgehead atoms. The number of anilines is 1. The van der Waals surface area contributed by atoms with Crippen LogP contribution in [0.25, 0.3) is 5.76 Å². The van der Waals surface area contributed by atoms with Gasteiger partial charge in [-0.25, -0.2) is 4.39 Å². The Morgan fingerprint density at radius 2 is 1.83 bits per heavy atom. The van der Waals surface area contributed by atoms with Crippen molar-refractivity contribution in [1.82, 2.24) is 10.2 Å². The van der Waals surface area contributed by atoms with Gasteiger partial charge in [-0.2, -0.15) is 0 Å². The minimum atomic E-state index is -2.80. The van der Waals surface area contributed by atoms with E-state index >= 15 is 4.39 Å². The van der Waals surface area contributed by atoms with Crippen LogP contribution in [0.1, 0.15) is 43.2 Å². The van der Waals surface area contributed by atoms with Crippen LogP contribution in [-0.4, -0.2) is 87.5 Å². The van der Waals surface area contributed by atoms with Gasteiger partial charge in [0.15, 0.2) is 17.1 Å². The molecule has 0 radical (unpaired) electrons. The van der Waals surface area contributed by atoms with Crippen molar-refractivity contribution in [2.75, 3.05) is 32.5 Å². The molecular formula is C29H35FN4O8. The van der Waals surface area contributed by atoms with E-state index in [0.717, 1.165) is 31.7 Å². The molecule has 0 heterocycles. The largest absolute Gasteiger partial charge is 0.508 e. The Kier molecular flexibility index (Phi) is 7.62. The molecule has 5 rings (SSSR count). The fourth-order valence-electron chi connectivity index (χ4n) is 7.16. The molecule has 4 atom stereocenters. The molecule has 4 aliphatic carbocycles. The van der Waals surface area contributed by atoms with Crippen LogP contribution < -0.4 is 16.4 Å². The standard InChI is InChI=1S/C29H35FN4O8/c1-34(2)22-15-8-13-7-14-16(30)9-17(33-18(35)11-32-10-12-5-3-4-6-12)23(36)20(14)24(37)19(13)26(39)29(15,42)27(40)21(25(22)38)28(31)41/h9,12-13,15,22,32,36-37,40,42H,3-8,10-11H2,1-2H3,(H2,31,41)(H,33,35)/t13-,15-,22-,29-/m0/s1. The van der Waals surface area contributed by atoms with E-state index in [1.54, 1.807) is 0 Å². The van der Waals surface area contributed by atoms with Gasteiger partial charge in [0.05, 0.1) is 23.8 Å². The smallest absolute Gasteiger partial charge is 0.255 e. The number of amides is 2. The lowest BCUT2D eigenvalue weighted by atomic mass is 9.57. The first-order chi connectivity index (χ1) is 19.8. The summed E-state index contributed by atoms with van der Waals surface area (Å²) < 4.78 is 15.4. The Morgan fingerprint density at radius 3 is 2.45 bits per heavy atom. The zero-order chi connectivity index (χ0) is 30.7. The number of carbonyl (C=O) groups is 4. The molecule has 2 fully saturated rings. The number of aliphatic hydroxyl groups is 3. The van der Waals surface area contributed by atoms with Crippen molar-refractivity contribution in [1.29, 1.82) is 0 Å². The van der Waals surface area contributed by atoms with E-state index in [-0.39, 0.29) is 30.6 Å². The molecule has 13 heteroatoms. The zero-order valence-corrected chi connectivity index (χ0v) is 23.4. The number of hydrogen-bond donors (Lipinski definition) is 7. The summed E-state index contributed by atoms with van der Waals surface area (Å²) in [7, 11) is 2.98. The van der Waals surface area contributed by atoms with Crippen LogP contribution >= 0.6 is 0 Å². The molecule has 2 amide bonds. The normalized spacial score (nSPS) is 27.7. The summed E-state index contributed by atoms with van der Waals surface area (Å²) >= 11 is 0. The molecule has 0 saturated heterocycles. The molecule has 1 aromatic carbocycles. The second-order valence-electron chi connectivity index (χ2n) is 11.9. The molecule has 226 valence electrons.